The van der Waals surface area contributed by atoms with E-state index in [4.69, 9.17) is 12.2 Å². The SMILES string of the molecule is Cc1cc([C@@H]2[C@@H](c3ccccn3)NC(=S)N2CCC(=O)Nc2cccc3ccccc23)c(C)n1-c1ccc(F)cc1. The Labute approximate surface area is 243 Å². The van der Waals surface area contributed by atoms with Crippen LogP contribution in [0.15, 0.2) is 97.2 Å². The molecule has 2 N–H and O–H groups in total. The monoisotopic (exact) mass is 563 g/mol. The van der Waals surface area contributed by atoms with E-state index in [1.165, 1.54) is 12.1 Å². The zero-order valence-corrected chi connectivity index (χ0v) is 23.7. The van der Waals surface area contributed by atoms with Crippen LogP contribution >= 0.6 is 12.2 Å². The molecular formula is C33H30FN5OS. The van der Waals surface area contributed by atoms with Crippen LogP contribution in [0.25, 0.3) is 16.5 Å². The van der Waals surface area contributed by atoms with Crippen molar-refractivity contribution in [3.05, 3.63) is 126 Å². The van der Waals surface area contributed by atoms with Gasteiger partial charge in [-0.3, -0.25) is 9.78 Å². The molecule has 0 unspecified atom stereocenters. The van der Waals surface area contributed by atoms with Crippen LogP contribution in [0.2, 0.25) is 0 Å². The molecule has 0 spiro atoms. The standard InChI is InChI=1S/C33H30FN5OS/c1-21-20-27(22(2)39(21)25-15-13-24(34)14-16-25)32-31(29-11-5-6-18-35-29)37-33(41)38(32)19-17-30(40)36-28-12-7-9-23-8-3-4-10-26(23)28/h3-16,18,20,31-32H,17,19H2,1-2H3,(H,36,40)(H,37,41)/t31-,32-/m1/s1. The maximum Gasteiger partial charge on any atom is 0.226 e. The van der Waals surface area contributed by atoms with E-state index < -0.39 is 0 Å². The first kappa shape index (κ1) is 26.7. The maximum absolute atomic E-state index is 13.7. The van der Waals surface area contributed by atoms with Crippen molar-refractivity contribution in [2.24, 2.45) is 0 Å². The van der Waals surface area contributed by atoms with Crippen LogP contribution in [0.3, 0.4) is 0 Å². The molecule has 0 bridgehead atoms. The Morgan fingerprint density at radius 1 is 1.00 bits per heavy atom. The molecule has 0 radical (unpaired) electrons. The molecule has 3 aromatic carbocycles. The summed E-state index contributed by atoms with van der Waals surface area (Å²) in [5.74, 6) is -0.356. The minimum absolute atomic E-state index is 0.0824. The summed E-state index contributed by atoms with van der Waals surface area (Å²) in [4.78, 5) is 19.9. The van der Waals surface area contributed by atoms with Gasteiger partial charge in [0.05, 0.1) is 17.8 Å². The van der Waals surface area contributed by atoms with Gasteiger partial charge in [0.25, 0.3) is 0 Å². The molecule has 0 aliphatic carbocycles. The van der Waals surface area contributed by atoms with Crippen LogP contribution in [0.1, 0.15) is 41.1 Å². The number of carbonyl (C=O) groups is 1. The van der Waals surface area contributed by atoms with Crippen LogP contribution in [0.4, 0.5) is 10.1 Å². The third-order valence-electron chi connectivity index (χ3n) is 7.72. The van der Waals surface area contributed by atoms with Gasteiger partial charge in [-0.1, -0.05) is 42.5 Å². The fourth-order valence-electron chi connectivity index (χ4n) is 5.83. The number of aromatic nitrogens is 2. The Morgan fingerprint density at radius 3 is 2.54 bits per heavy atom. The molecule has 1 saturated heterocycles. The van der Waals surface area contributed by atoms with Crippen molar-refractivity contribution in [2.75, 3.05) is 11.9 Å². The maximum atomic E-state index is 13.7. The zero-order chi connectivity index (χ0) is 28.5. The highest BCUT2D eigenvalue weighted by molar-refractivity contribution is 7.80. The Morgan fingerprint density at radius 2 is 1.76 bits per heavy atom. The minimum atomic E-state index is -0.273. The first-order valence-electron chi connectivity index (χ1n) is 13.6. The number of amides is 1. The van der Waals surface area contributed by atoms with Crippen molar-refractivity contribution in [1.29, 1.82) is 0 Å². The fraction of sp³-hybridized carbons (Fsp3) is 0.182. The number of pyridine rings is 1. The van der Waals surface area contributed by atoms with Crippen LogP contribution in [-0.4, -0.2) is 32.0 Å². The molecule has 6 nitrogen and oxygen atoms in total. The molecular weight excluding hydrogens is 533 g/mol. The van der Waals surface area contributed by atoms with Crippen molar-refractivity contribution in [3.63, 3.8) is 0 Å². The number of hydrogen-bond acceptors (Lipinski definition) is 3. The predicted octanol–water partition coefficient (Wildman–Crippen LogP) is 6.78. The van der Waals surface area contributed by atoms with Gasteiger partial charge in [0, 0.05) is 47.3 Å². The number of benzene rings is 3. The van der Waals surface area contributed by atoms with E-state index in [1.54, 1.807) is 18.3 Å². The van der Waals surface area contributed by atoms with Crippen molar-refractivity contribution < 1.29 is 9.18 Å². The van der Waals surface area contributed by atoms with Crippen LogP contribution in [0.5, 0.6) is 0 Å². The van der Waals surface area contributed by atoms with Crippen molar-refractivity contribution in [2.45, 2.75) is 32.4 Å². The summed E-state index contributed by atoms with van der Waals surface area (Å²) < 4.78 is 15.8. The van der Waals surface area contributed by atoms with Crippen LogP contribution in [-0.2, 0) is 4.79 Å². The molecule has 1 aliphatic rings. The van der Waals surface area contributed by atoms with Crippen LogP contribution < -0.4 is 10.6 Å². The Bertz CT molecular complexity index is 1730. The summed E-state index contributed by atoms with van der Waals surface area (Å²) in [5.41, 5.74) is 5.67. The summed E-state index contributed by atoms with van der Waals surface area (Å²) in [6, 6.07) is 28.0. The average Bonchev–Trinajstić information content (AvgIpc) is 3.47. The number of aryl methyl sites for hydroxylation is 1. The number of thiocarbonyl (C=S) groups is 1. The molecule has 206 valence electrons. The van der Waals surface area contributed by atoms with E-state index in [-0.39, 0.29) is 30.2 Å². The lowest BCUT2D eigenvalue weighted by Gasteiger charge is -2.28. The number of halogens is 1. The first-order chi connectivity index (χ1) is 19.9. The second-order valence-corrected chi connectivity index (χ2v) is 10.7. The van der Waals surface area contributed by atoms with Gasteiger partial charge in [0.2, 0.25) is 5.91 Å². The van der Waals surface area contributed by atoms with Gasteiger partial charge in [0.15, 0.2) is 5.11 Å². The van der Waals surface area contributed by atoms with Crippen molar-refractivity contribution in [1.82, 2.24) is 19.8 Å². The largest absolute Gasteiger partial charge is 0.352 e. The van der Waals surface area contributed by atoms with Gasteiger partial charge in [-0.2, -0.15) is 0 Å². The highest BCUT2D eigenvalue weighted by atomic mass is 32.1. The summed E-state index contributed by atoms with van der Waals surface area (Å²) in [6.07, 6.45) is 2.03. The molecule has 8 heteroatoms. The molecule has 2 atom stereocenters. The molecule has 6 rings (SSSR count). The van der Waals surface area contributed by atoms with E-state index in [0.29, 0.717) is 11.7 Å². The summed E-state index contributed by atoms with van der Waals surface area (Å²) in [6.45, 7) is 4.53. The van der Waals surface area contributed by atoms with Crippen molar-refractivity contribution >= 4 is 39.7 Å². The molecule has 2 aromatic heterocycles. The summed E-state index contributed by atoms with van der Waals surface area (Å²) in [7, 11) is 0. The van der Waals surface area contributed by atoms with Crippen LogP contribution in [0, 0.1) is 19.7 Å². The second kappa shape index (κ2) is 11.1. The van der Waals surface area contributed by atoms with Gasteiger partial charge in [-0.15, -0.1) is 0 Å². The highest BCUT2D eigenvalue weighted by Gasteiger charge is 2.41. The Balaban J connectivity index is 1.31. The number of hydrogen-bond donors (Lipinski definition) is 2. The topological polar surface area (TPSA) is 62.2 Å². The predicted molar refractivity (Wildman–Crippen MR) is 165 cm³/mol. The van der Waals surface area contributed by atoms with Crippen molar-refractivity contribution in [3.8, 4) is 5.69 Å². The van der Waals surface area contributed by atoms with Gasteiger partial charge in [-0.05, 0) is 85.5 Å². The minimum Gasteiger partial charge on any atom is -0.352 e. The van der Waals surface area contributed by atoms with Gasteiger partial charge >= 0.3 is 0 Å². The number of nitrogens with zero attached hydrogens (tertiary/aromatic N) is 3. The van der Waals surface area contributed by atoms with E-state index >= 15 is 0 Å². The second-order valence-electron chi connectivity index (χ2n) is 10.3. The lowest BCUT2D eigenvalue weighted by Crippen LogP contribution is -2.33. The smallest absolute Gasteiger partial charge is 0.226 e. The molecule has 0 saturated carbocycles. The normalized spacial score (nSPS) is 16.7. The molecule has 3 heterocycles. The number of carbonyl (C=O) groups excluding carboxylic acids is 1. The third kappa shape index (κ3) is 5.18. The lowest BCUT2D eigenvalue weighted by molar-refractivity contribution is -0.116. The van der Waals surface area contributed by atoms with Gasteiger partial charge < -0.3 is 20.1 Å². The van der Waals surface area contributed by atoms with Gasteiger partial charge in [-0.25, -0.2) is 4.39 Å². The first-order valence-corrected chi connectivity index (χ1v) is 14.0. The number of nitrogens with one attached hydrogen (secondary N) is 2. The molecule has 1 aliphatic heterocycles. The summed E-state index contributed by atoms with van der Waals surface area (Å²) in [5, 5.41) is 9.23. The molecule has 5 aromatic rings. The van der Waals surface area contributed by atoms with E-state index in [1.807, 2.05) is 67.6 Å². The Hall–Kier alpha value is -4.56. The van der Waals surface area contributed by atoms with E-state index in [2.05, 4.69) is 38.1 Å². The van der Waals surface area contributed by atoms with E-state index in [9.17, 15) is 9.18 Å². The average molecular weight is 564 g/mol. The highest BCUT2D eigenvalue weighted by Crippen LogP contribution is 2.41. The number of rotatable bonds is 7. The number of anilines is 1. The van der Waals surface area contributed by atoms with E-state index in [0.717, 1.165) is 44.8 Å². The lowest BCUT2D eigenvalue weighted by atomic mass is 9.96. The zero-order valence-electron chi connectivity index (χ0n) is 22.8. The molecule has 1 amide bonds. The Kier molecular flexibility index (Phi) is 7.24. The number of fused-ring (bicyclic) bond motifs is 1. The summed E-state index contributed by atoms with van der Waals surface area (Å²) >= 11 is 5.84. The third-order valence-corrected chi connectivity index (χ3v) is 8.07. The van der Waals surface area contributed by atoms with Gasteiger partial charge in [0.1, 0.15) is 5.82 Å². The molecule has 41 heavy (non-hydrogen) atoms. The molecule has 1 fully saturated rings. The fourth-order valence-corrected chi connectivity index (χ4v) is 6.16. The quantitative estimate of drug-likeness (QED) is 0.214.